The third kappa shape index (κ3) is 5.15. The predicted molar refractivity (Wildman–Crippen MR) is 136 cm³/mol. The molecule has 1 spiro atoms. The van der Waals surface area contributed by atoms with Crippen LogP contribution in [0.1, 0.15) is 44.1 Å². The Labute approximate surface area is 220 Å². The Morgan fingerprint density at radius 3 is 2.66 bits per heavy atom. The molecular formula is C24H33N9O5. The van der Waals surface area contributed by atoms with Gasteiger partial charge in [0.1, 0.15) is 11.4 Å². The summed E-state index contributed by atoms with van der Waals surface area (Å²) in [7, 11) is 1.78. The Kier molecular flexibility index (Phi) is 6.27. The number of carbonyl (C=O) groups excluding carboxylic acids is 3. The fraction of sp³-hybridized carbons (Fsp3) is 0.583. The summed E-state index contributed by atoms with van der Waals surface area (Å²) in [6.07, 6.45) is 5.72. The largest absolute Gasteiger partial charge is 0.444 e. The molecule has 38 heavy (non-hydrogen) atoms. The maximum Gasteiger partial charge on any atom is 0.410 e. The normalized spacial score (nSPS) is 20.8. The molecular weight excluding hydrogens is 494 g/mol. The van der Waals surface area contributed by atoms with E-state index in [9.17, 15) is 14.4 Å². The topological polar surface area (TPSA) is 161 Å². The number of amides is 3. The van der Waals surface area contributed by atoms with E-state index in [4.69, 9.17) is 15.2 Å². The van der Waals surface area contributed by atoms with Crippen LogP contribution in [0.4, 0.5) is 26.9 Å². The van der Waals surface area contributed by atoms with Crippen LogP contribution in [0.25, 0.3) is 0 Å². The van der Waals surface area contributed by atoms with Gasteiger partial charge in [-0.1, -0.05) is 0 Å². The van der Waals surface area contributed by atoms with Gasteiger partial charge >= 0.3 is 12.2 Å². The van der Waals surface area contributed by atoms with E-state index in [1.54, 1.807) is 33.9 Å². The molecule has 3 aliphatic heterocycles. The molecule has 2 aromatic rings. The molecule has 2 aromatic heterocycles. The lowest BCUT2D eigenvalue weighted by molar-refractivity contribution is -0.0789. The van der Waals surface area contributed by atoms with E-state index in [1.165, 1.54) is 6.20 Å². The highest BCUT2D eigenvalue weighted by Gasteiger charge is 2.57. The highest BCUT2D eigenvalue weighted by atomic mass is 16.6. The van der Waals surface area contributed by atoms with Gasteiger partial charge in [0, 0.05) is 26.3 Å². The minimum atomic E-state index is -0.708. The van der Waals surface area contributed by atoms with Crippen molar-refractivity contribution < 1.29 is 23.9 Å². The molecule has 14 heteroatoms. The summed E-state index contributed by atoms with van der Waals surface area (Å²) >= 11 is 0. The fourth-order valence-electron chi connectivity index (χ4n) is 5.04. The highest BCUT2D eigenvalue weighted by Crippen LogP contribution is 2.36. The van der Waals surface area contributed by atoms with Gasteiger partial charge in [0.25, 0.3) is 5.91 Å². The van der Waals surface area contributed by atoms with E-state index < -0.39 is 23.2 Å². The number of hydrogen-bond acceptors (Lipinski definition) is 10. The molecule has 0 aromatic carbocycles. The first-order valence-corrected chi connectivity index (χ1v) is 12.6. The van der Waals surface area contributed by atoms with Crippen LogP contribution in [0.2, 0.25) is 0 Å². The van der Waals surface area contributed by atoms with Crippen molar-refractivity contribution in [3.05, 3.63) is 24.3 Å². The number of nitrogens with two attached hydrogens (primary N) is 1. The molecule has 14 nitrogen and oxygen atoms in total. The van der Waals surface area contributed by atoms with E-state index in [1.807, 2.05) is 25.7 Å². The van der Waals surface area contributed by atoms with Crippen LogP contribution in [-0.4, -0.2) is 97.6 Å². The van der Waals surface area contributed by atoms with Crippen molar-refractivity contribution in [2.24, 2.45) is 12.8 Å². The minimum absolute atomic E-state index is 0.0238. The second kappa shape index (κ2) is 9.33. The molecule has 1 atom stereocenters. The van der Waals surface area contributed by atoms with Crippen molar-refractivity contribution in [1.82, 2.24) is 29.5 Å². The van der Waals surface area contributed by atoms with Crippen LogP contribution in [0.15, 0.2) is 18.6 Å². The molecule has 3 N–H and O–H groups in total. The van der Waals surface area contributed by atoms with Crippen LogP contribution in [0.3, 0.4) is 0 Å². The van der Waals surface area contributed by atoms with E-state index in [0.29, 0.717) is 44.2 Å². The zero-order valence-corrected chi connectivity index (χ0v) is 22.0. The monoisotopic (exact) mass is 527 g/mol. The van der Waals surface area contributed by atoms with Gasteiger partial charge in [0.2, 0.25) is 0 Å². The number of piperidine rings is 1. The fourth-order valence-corrected chi connectivity index (χ4v) is 5.04. The zero-order chi connectivity index (χ0) is 27.2. The Balaban J connectivity index is 1.26. The maximum absolute atomic E-state index is 12.9. The predicted octanol–water partition coefficient (Wildman–Crippen LogP) is 1.46. The lowest BCUT2D eigenvalue weighted by Crippen LogP contribution is -2.66. The number of aromatic nitrogens is 4. The van der Waals surface area contributed by atoms with E-state index in [0.717, 1.165) is 12.8 Å². The Morgan fingerprint density at radius 1 is 1.24 bits per heavy atom. The number of ether oxygens (including phenoxy) is 2. The van der Waals surface area contributed by atoms with Crippen molar-refractivity contribution in [1.29, 1.82) is 0 Å². The lowest BCUT2D eigenvalue weighted by Gasteiger charge is -2.45. The van der Waals surface area contributed by atoms with Crippen LogP contribution >= 0.6 is 0 Å². The minimum Gasteiger partial charge on any atom is -0.444 e. The van der Waals surface area contributed by atoms with Crippen LogP contribution in [-0.2, 0) is 16.5 Å². The summed E-state index contributed by atoms with van der Waals surface area (Å²) < 4.78 is 12.8. The molecule has 204 valence electrons. The third-order valence-corrected chi connectivity index (χ3v) is 6.73. The molecule has 0 aliphatic carbocycles. The summed E-state index contributed by atoms with van der Waals surface area (Å²) in [5, 5.41) is 7.18. The Hall–Kier alpha value is -4.10. The molecule has 3 saturated heterocycles. The molecule has 5 rings (SSSR count). The van der Waals surface area contributed by atoms with E-state index >= 15 is 0 Å². The van der Waals surface area contributed by atoms with Crippen LogP contribution in [0, 0.1) is 0 Å². The number of hydrogen-bond donors (Lipinski definition) is 2. The zero-order valence-electron chi connectivity index (χ0n) is 22.0. The lowest BCUT2D eigenvalue weighted by atomic mass is 9.93. The van der Waals surface area contributed by atoms with E-state index in [-0.39, 0.29) is 23.6 Å². The van der Waals surface area contributed by atoms with Gasteiger partial charge in [-0.25, -0.2) is 19.6 Å². The van der Waals surface area contributed by atoms with Crippen molar-refractivity contribution in [3.8, 4) is 0 Å². The van der Waals surface area contributed by atoms with Crippen LogP contribution in [0.5, 0.6) is 0 Å². The summed E-state index contributed by atoms with van der Waals surface area (Å²) in [6.45, 7) is 7.71. The first-order chi connectivity index (χ1) is 17.9. The van der Waals surface area contributed by atoms with Crippen molar-refractivity contribution in [2.75, 3.05) is 42.9 Å². The molecule has 0 unspecified atom stereocenters. The van der Waals surface area contributed by atoms with Gasteiger partial charge in [0.15, 0.2) is 17.1 Å². The summed E-state index contributed by atoms with van der Waals surface area (Å²) in [5.74, 6) is 0.104. The van der Waals surface area contributed by atoms with Crippen molar-refractivity contribution >= 4 is 35.4 Å². The van der Waals surface area contributed by atoms with E-state index in [2.05, 4.69) is 20.4 Å². The molecule has 5 heterocycles. The Bertz CT molecular complexity index is 1250. The smallest absolute Gasteiger partial charge is 0.410 e. The summed E-state index contributed by atoms with van der Waals surface area (Å²) in [4.78, 5) is 51.4. The second-order valence-electron chi connectivity index (χ2n) is 11.1. The summed E-state index contributed by atoms with van der Waals surface area (Å²) in [6, 6.07) is -0.0986. The SMILES string of the molecule is Cn1cc(Nc2nc(N3CCC[C@@H](N4CC5(CN(C(=O)OC(C)(C)C)C5)OC4=O)C3)cnc2C(N)=O)cn1. The number of nitrogens with one attached hydrogen (secondary N) is 1. The molecule has 3 aliphatic rings. The number of primary amides is 1. The molecule has 0 radical (unpaired) electrons. The number of aryl methyl sites for hydroxylation is 1. The van der Waals surface area contributed by atoms with Crippen molar-refractivity contribution in [3.63, 3.8) is 0 Å². The third-order valence-electron chi connectivity index (χ3n) is 6.73. The molecule has 0 bridgehead atoms. The molecule has 0 saturated carbocycles. The highest BCUT2D eigenvalue weighted by molar-refractivity contribution is 5.96. The summed E-state index contributed by atoms with van der Waals surface area (Å²) in [5.41, 5.74) is 4.89. The van der Waals surface area contributed by atoms with Crippen LogP contribution < -0.4 is 16.0 Å². The average Bonchev–Trinajstić information content (AvgIpc) is 3.39. The van der Waals surface area contributed by atoms with Gasteiger partial charge in [0.05, 0.1) is 43.8 Å². The number of anilines is 3. The van der Waals surface area contributed by atoms with Gasteiger partial charge in [-0.05, 0) is 33.6 Å². The number of carbonyl (C=O) groups is 3. The first kappa shape index (κ1) is 25.5. The molecule has 3 amide bonds. The number of likely N-dealkylation sites (tertiary alicyclic amines) is 1. The van der Waals surface area contributed by atoms with Gasteiger partial charge in [-0.2, -0.15) is 5.10 Å². The maximum atomic E-state index is 12.9. The first-order valence-electron chi connectivity index (χ1n) is 12.6. The number of rotatable bonds is 5. The quantitative estimate of drug-likeness (QED) is 0.582. The Morgan fingerprint density at radius 2 is 2.00 bits per heavy atom. The van der Waals surface area contributed by atoms with Gasteiger partial charge in [-0.15, -0.1) is 0 Å². The second-order valence-corrected chi connectivity index (χ2v) is 11.1. The average molecular weight is 528 g/mol. The van der Waals surface area contributed by atoms with Crippen molar-refractivity contribution in [2.45, 2.75) is 50.9 Å². The molecule has 3 fully saturated rings. The number of nitrogens with zero attached hydrogens (tertiary/aromatic N) is 7. The standard InChI is InChI=1S/C24H33N9O5/c1-23(2,3)37-21(35)32-12-24(13-32)14-33(22(36)38-24)16-6-5-7-31(11-16)17-9-26-18(19(25)34)20(29-17)28-15-8-27-30(4)10-15/h8-10,16H,5-7,11-14H2,1-4H3,(H2,25,34)(H,28,29)/t16-/m1/s1. The van der Waals surface area contributed by atoms with Gasteiger partial charge in [-0.3, -0.25) is 19.3 Å². The van der Waals surface area contributed by atoms with Gasteiger partial charge < -0.3 is 25.4 Å².